The summed E-state index contributed by atoms with van der Waals surface area (Å²) in [6, 6.07) is -0.727. The van der Waals surface area contributed by atoms with Gasteiger partial charge in [-0.25, -0.2) is 14.0 Å². The van der Waals surface area contributed by atoms with Gasteiger partial charge < -0.3 is 9.47 Å². The fourth-order valence-corrected chi connectivity index (χ4v) is 1.63. The van der Waals surface area contributed by atoms with Crippen LogP contribution in [0.4, 0.5) is 9.18 Å². The molecule has 0 aliphatic carbocycles. The summed E-state index contributed by atoms with van der Waals surface area (Å²) in [5, 5.41) is 0. The Morgan fingerprint density at radius 3 is 2.47 bits per heavy atom. The number of halogens is 1. The Kier molecular flexibility index (Phi) is 3.88. The van der Waals surface area contributed by atoms with E-state index in [1.165, 1.54) is 14.2 Å². The summed E-state index contributed by atoms with van der Waals surface area (Å²) >= 11 is 0. The molecule has 5 nitrogen and oxygen atoms in total. The molecule has 0 N–H and O–H groups in total. The predicted molar refractivity (Wildman–Crippen MR) is 49.0 cm³/mol. The van der Waals surface area contributed by atoms with E-state index in [1.54, 1.807) is 0 Å². The molecule has 2 atom stereocenters. The monoisotopic (exact) mass is 219 g/mol. The first-order valence-corrected chi connectivity index (χ1v) is 4.66. The number of methoxy groups -OCH3 is 2. The number of hydrogen-bond donors (Lipinski definition) is 0. The number of alkyl halides is 1. The molecule has 0 aromatic heterocycles. The number of amides is 1. The zero-order valence-electron chi connectivity index (χ0n) is 8.73. The molecule has 1 amide bonds. The lowest BCUT2D eigenvalue weighted by atomic mass is 10.0. The van der Waals surface area contributed by atoms with Gasteiger partial charge in [0.05, 0.1) is 20.8 Å². The molecule has 0 aromatic carbocycles. The Bertz CT molecular complexity index is 258. The molecule has 0 bridgehead atoms. The van der Waals surface area contributed by atoms with E-state index in [2.05, 4.69) is 9.47 Å². The maximum atomic E-state index is 13.1. The van der Waals surface area contributed by atoms with Crippen molar-refractivity contribution in [1.82, 2.24) is 4.90 Å². The van der Waals surface area contributed by atoms with Crippen molar-refractivity contribution in [3.8, 4) is 0 Å². The molecule has 0 spiro atoms. The van der Waals surface area contributed by atoms with Crippen LogP contribution in [0.5, 0.6) is 0 Å². The number of rotatable bonds is 1. The SMILES string of the molecule is COC(=O)[C@@H]1CC[C@@H](F)CN1C(=O)OC. The topological polar surface area (TPSA) is 55.8 Å². The first kappa shape index (κ1) is 11.7. The minimum absolute atomic E-state index is 0.119. The van der Waals surface area contributed by atoms with Gasteiger partial charge in [0.25, 0.3) is 0 Å². The molecule has 1 heterocycles. The highest BCUT2D eigenvalue weighted by Crippen LogP contribution is 2.21. The molecule has 0 aromatic rings. The van der Waals surface area contributed by atoms with Crippen LogP contribution < -0.4 is 0 Å². The quantitative estimate of drug-likeness (QED) is 0.610. The van der Waals surface area contributed by atoms with E-state index in [0.717, 1.165) is 4.90 Å². The number of carbonyl (C=O) groups is 2. The second-order valence-corrected chi connectivity index (χ2v) is 3.34. The first-order chi connectivity index (χ1) is 7.10. The van der Waals surface area contributed by atoms with E-state index in [1.807, 2.05) is 0 Å². The van der Waals surface area contributed by atoms with Gasteiger partial charge in [-0.05, 0) is 12.8 Å². The average molecular weight is 219 g/mol. The Morgan fingerprint density at radius 2 is 1.93 bits per heavy atom. The third kappa shape index (κ3) is 2.57. The first-order valence-electron chi connectivity index (χ1n) is 4.66. The number of carbonyl (C=O) groups excluding carboxylic acids is 2. The van der Waals surface area contributed by atoms with Crippen molar-refractivity contribution in [3.63, 3.8) is 0 Å². The molecule has 1 rings (SSSR count). The van der Waals surface area contributed by atoms with Crippen LogP contribution in [0.15, 0.2) is 0 Å². The number of likely N-dealkylation sites (tertiary alicyclic amines) is 1. The van der Waals surface area contributed by atoms with E-state index in [0.29, 0.717) is 0 Å². The van der Waals surface area contributed by atoms with E-state index in [9.17, 15) is 14.0 Å². The van der Waals surface area contributed by atoms with E-state index in [4.69, 9.17) is 0 Å². The van der Waals surface area contributed by atoms with E-state index >= 15 is 0 Å². The van der Waals surface area contributed by atoms with Crippen LogP contribution in [0.25, 0.3) is 0 Å². The highest BCUT2D eigenvalue weighted by atomic mass is 19.1. The summed E-state index contributed by atoms with van der Waals surface area (Å²) in [6.45, 7) is -0.119. The number of hydrogen-bond acceptors (Lipinski definition) is 4. The van der Waals surface area contributed by atoms with Gasteiger partial charge in [-0.1, -0.05) is 0 Å². The Hall–Kier alpha value is -1.33. The summed E-state index contributed by atoms with van der Waals surface area (Å²) in [4.78, 5) is 23.7. The second-order valence-electron chi connectivity index (χ2n) is 3.34. The molecule has 0 saturated carbocycles. The highest BCUT2D eigenvalue weighted by molar-refractivity contribution is 5.81. The lowest BCUT2D eigenvalue weighted by Gasteiger charge is -2.33. The smallest absolute Gasteiger partial charge is 0.410 e. The lowest BCUT2D eigenvalue weighted by Crippen LogP contribution is -2.51. The largest absolute Gasteiger partial charge is 0.467 e. The third-order valence-corrected chi connectivity index (χ3v) is 2.41. The molecule has 0 unspecified atom stereocenters. The van der Waals surface area contributed by atoms with E-state index < -0.39 is 24.3 Å². The molecule has 1 aliphatic rings. The van der Waals surface area contributed by atoms with Crippen molar-refractivity contribution in [2.24, 2.45) is 0 Å². The number of esters is 1. The van der Waals surface area contributed by atoms with Crippen molar-refractivity contribution in [2.75, 3.05) is 20.8 Å². The van der Waals surface area contributed by atoms with Gasteiger partial charge in [-0.15, -0.1) is 0 Å². The van der Waals surface area contributed by atoms with Gasteiger partial charge in [0.15, 0.2) is 0 Å². The molecule has 86 valence electrons. The fourth-order valence-electron chi connectivity index (χ4n) is 1.63. The molecular weight excluding hydrogens is 205 g/mol. The Morgan fingerprint density at radius 1 is 1.27 bits per heavy atom. The molecule has 1 saturated heterocycles. The zero-order valence-corrected chi connectivity index (χ0v) is 8.73. The van der Waals surface area contributed by atoms with Crippen LogP contribution in [0.1, 0.15) is 12.8 Å². The van der Waals surface area contributed by atoms with Crippen LogP contribution in [-0.4, -0.2) is 49.9 Å². The number of nitrogens with zero attached hydrogens (tertiary/aromatic N) is 1. The summed E-state index contributed by atoms with van der Waals surface area (Å²) < 4.78 is 22.1. The van der Waals surface area contributed by atoms with Crippen molar-refractivity contribution in [2.45, 2.75) is 25.1 Å². The predicted octanol–water partition coefficient (Wildman–Crippen LogP) is 0.728. The minimum atomic E-state index is -1.11. The van der Waals surface area contributed by atoms with Crippen molar-refractivity contribution < 1.29 is 23.5 Å². The van der Waals surface area contributed by atoms with Gasteiger partial charge in [-0.3, -0.25) is 4.90 Å². The zero-order chi connectivity index (χ0) is 11.4. The number of piperidine rings is 1. The molecule has 0 radical (unpaired) electrons. The molecule has 6 heteroatoms. The van der Waals surface area contributed by atoms with Crippen molar-refractivity contribution in [3.05, 3.63) is 0 Å². The third-order valence-electron chi connectivity index (χ3n) is 2.41. The Balaban J connectivity index is 2.74. The van der Waals surface area contributed by atoms with Gasteiger partial charge in [-0.2, -0.15) is 0 Å². The fraction of sp³-hybridized carbons (Fsp3) is 0.778. The summed E-state index contributed by atoms with van der Waals surface area (Å²) in [6.07, 6.45) is -1.28. The van der Waals surface area contributed by atoms with Crippen molar-refractivity contribution >= 4 is 12.1 Å². The van der Waals surface area contributed by atoms with Gasteiger partial charge in [0.1, 0.15) is 12.2 Å². The van der Waals surface area contributed by atoms with Crippen LogP contribution >= 0.6 is 0 Å². The van der Waals surface area contributed by atoms with E-state index in [-0.39, 0.29) is 19.4 Å². The highest BCUT2D eigenvalue weighted by Gasteiger charge is 2.37. The van der Waals surface area contributed by atoms with Gasteiger partial charge in [0, 0.05) is 0 Å². The normalized spacial score (nSPS) is 25.9. The molecule has 15 heavy (non-hydrogen) atoms. The van der Waals surface area contributed by atoms with Crippen LogP contribution in [0.2, 0.25) is 0 Å². The van der Waals surface area contributed by atoms with Gasteiger partial charge >= 0.3 is 12.1 Å². The molecule has 1 aliphatic heterocycles. The maximum absolute atomic E-state index is 13.1. The summed E-state index contributed by atoms with van der Waals surface area (Å²) in [7, 11) is 2.43. The summed E-state index contributed by atoms with van der Waals surface area (Å²) in [5.41, 5.74) is 0. The maximum Gasteiger partial charge on any atom is 0.410 e. The standard InChI is InChI=1S/C9H14FNO4/c1-14-8(12)7-4-3-6(10)5-11(7)9(13)15-2/h6-7H,3-5H2,1-2H3/t6-,7+/m1/s1. The van der Waals surface area contributed by atoms with Crippen LogP contribution in [-0.2, 0) is 14.3 Å². The molecule has 1 fully saturated rings. The second kappa shape index (κ2) is 4.95. The van der Waals surface area contributed by atoms with Crippen LogP contribution in [0, 0.1) is 0 Å². The van der Waals surface area contributed by atoms with Crippen molar-refractivity contribution in [1.29, 1.82) is 0 Å². The number of ether oxygens (including phenoxy) is 2. The van der Waals surface area contributed by atoms with Crippen LogP contribution in [0.3, 0.4) is 0 Å². The summed E-state index contributed by atoms with van der Waals surface area (Å²) in [5.74, 6) is -0.535. The van der Waals surface area contributed by atoms with Gasteiger partial charge in [0.2, 0.25) is 0 Å². The minimum Gasteiger partial charge on any atom is -0.467 e. The lowest BCUT2D eigenvalue weighted by molar-refractivity contribution is -0.148. The average Bonchev–Trinajstić information content (AvgIpc) is 2.26. The molecular formula is C9H14FNO4. The Labute approximate surface area is 87.1 Å².